The van der Waals surface area contributed by atoms with Gasteiger partial charge in [0, 0.05) is 13.1 Å². The smallest absolute Gasteiger partial charge is 0.141 e. The molecular weight excluding hydrogens is 219 g/mol. The fourth-order valence-corrected chi connectivity index (χ4v) is 2.87. The highest BCUT2D eigenvalue weighted by molar-refractivity contribution is 5.10. The molecule has 1 N–H and O–H groups in total. The maximum absolute atomic E-state index is 12.8. The number of hydrogen-bond donors (Lipinski definition) is 1. The average molecular weight is 236 g/mol. The van der Waals surface area contributed by atoms with E-state index < -0.39 is 0 Å². The molecule has 1 aromatic rings. The summed E-state index contributed by atoms with van der Waals surface area (Å²) >= 11 is 0. The highest BCUT2D eigenvalue weighted by Crippen LogP contribution is 2.38. The number of aromatic nitrogens is 1. The Hall–Kier alpha value is -1.00. The minimum absolute atomic E-state index is 0.00101. The van der Waals surface area contributed by atoms with Crippen LogP contribution in [0.2, 0.25) is 0 Å². The Bertz CT molecular complexity index is 387. The summed E-state index contributed by atoms with van der Waals surface area (Å²) in [5, 5.41) is 3.42. The number of rotatable bonds is 1. The van der Waals surface area contributed by atoms with Crippen molar-refractivity contribution in [1.29, 1.82) is 0 Å². The molecule has 2 fully saturated rings. The van der Waals surface area contributed by atoms with Crippen molar-refractivity contribution in [3.63, 3.8) is 0 Å². The van der Waals surface area contributed by atoms with Gasteiger partial charge in [0.15, 0.2) is 0 Å². The number of nitrogens with one attached hydrogen (secondary N) is 1. The molecule has 1 aromatic heterocycles. The first-order valence-electron chi connectivity index (χ1n) is 6.27. The Morgan fingerprint density at radius 2 is 2.18 bits per heavy atom. The van der Waals surface area contributed by atoms with Gasteiger partial charge in [-0.3, -0.25) is 4.98 Å². The van der Waals surface area contributed by atoms with E-state index >= 15 is 0 Å². The van der Waals surface area contributed by atoms with E-state index in [4.69, 9.17) is 4.74 Å². The molecule has 1 atom stereocenters. The molecule has 3 nitrogen and oxygen atoms in total. The third-order valence-corrected chi connectivity index (χ3v) is 3.76. The maximum atomic E-state index is 12.8. The van der Waals surface area contributed by atoms with E-state index in [1.165, 1.54) is 25.1 Å². The molecule has 1 saturated carbocycles. The average Bonchev–Trinajstić information content (AvgIpc) is 2.78. The molecule has 1 unspecified atom stereocenters. The molecule has 2 heterocycles. The third kappa shape index (κ3) is 2.19. The van der Waals surface area contributed by atoms with E-state index in [0.29, 0.717) is 0 Å². The van der Waals surface area contributed by atoms with Crippen LogP contribution >= 0.6 is 0 Å². The van der Waals surface area contributed by atoms with Gasteiger partial charge in [-0.1, -0.05) is 12.8 Å². The number of pyridine rings is 1. The molecular formula is C13H17FN2O. The largest absolute Gasteiger partial charge is 0.363 e. The topological polar surface area (TPSA) is 34.1 Å². The van der Waals surface area contributed by atoms with Gasteiger partial charge in [0.2, 0.25) is 0 Å². The van der Waals surface area contributed by atoms with Crippen LogP contribution in [0, 0.1) is 5.82 Å². The van der Waals surface area contributed by atoms with Gasteiger partial charge in [0.1, 0.15) is 11.9 Å². The summed E-state index contributed by atoms with van der Waals surface area (Å²) in [5.41, 5.74) is 0.823. The molecule has 1 saturated heterocycles. The van der Waals surface area contributed by atoms with Gasteiger partial charge in [-0.05, 0) is 25.0 Å². The Labute approximate surface area is 100 Å². The number of morpholine rings is 1. The molecule has 1 aliphatic heterocycles. The Morgan fingerprint density at radius 3 is 2.88 bits per heavy atom. The SMILES string of the molecule is Fc1ccc(C2CNCC3(CCCC3)O2)nc1. The molecule has 17 heavy (non-hydrogen) atoms. The molecule has 0 radical (unpaired) electrons. The summed E-state index contributed by atoms with van der Waals surface area (Å²) in [4.78, 5) is 4.12. The summed E-state index contributed by atoms with van der Waals surface area (Å²) in [6.45, 7) is 1.70. The molecule has 0 amide bonds. The van der Waals surface area contributed by atoms with Gasteiger partial charge < -0.3 is 10.1 Å². The maximum Gasteiger partial charge on any atom is 0.141 e. The Kier molecular flexibility index (Phi) is 2.84. The van der Waals surface area contributed by atoms with Crippen LogP contribution in [0.5, 0.6) is 0 Å². The summed E-state index contributed by atoms with van der Waals surface area (Å²) < 4.78 is 19.0. The van der Waals surface area contributed by atoms with Crippen molar-refractivity contribution in [3.8, 4) is 0 Å². The lowest BCUT2D eigenvalue weighted by Gasteiger charge is -2.39. The van der Waals surface area contributed by atoms with Crippen molar-refractivity contribution < 1.29 is 9.13 Å². The second-order valence-electron chi connectivity index (χ2n) is 5.03. The Morgan fingerprint density at radius 1 is 1.35 bits per heavy atom. The molecule has 0 bridgehead atoms. The van der Waals surface area contributed by atoms with Crippen LogP contribution in [0.3, 0.4) is 0 Å². The molecule has 92 valence electrons. The van der Waals surface area contributed by atoms with Gasteiger partial charge in [0.25, 0.3) is 0 Å². The lowest BCUT2D eigenvalue weighted by atomic mass is 9.99. The summed E-state index contributed by atoms with van der Waals surface area (Å²) in [6, 6.07) is 3.16. The lowest BCUT2D eigenvalue weighted by Crippen LogP contribution is -2.49. The minimum Gasteiger partial charge on any atom is -0.363 e. The highest BCUT2D eigenvalue weighted by Gasteiger charge is 2.40. The van der Waals surface area contributed by atoms with E-state index in [1.54, 1.807) is 6.07 Å². The van der Waals surface area contributed by atoms with Crippen molar-refractivity contribution in [2.75, 3.05) is 13.1 Å². The first-order valence-corrected chi connectivity index (χ1v) is 6.27. The zero-order valence-corrected chi connectivity index (χ0v) is 9.79. The molecule has 1 aliphatic carbocycles. The monoisotopic (exact) mass is 236 g/mol. The van der Waals surface area contributed by atoms with Crippen LogP contribution in [-0.4, -0.2) is 23.7 Å². The van der Waals surface area contributed by atoms with Crippen molar-refractivity contribution in [2.24, 2.45) is 0 Å². The summed E-state index contributed by atoms with van der Waals surface area (Å²) in [6.07, 6.45) is 5.95. The molecule has 3 rings (SSSR count). The predicted molar refractivity (Wildman–Crippen MR) is 62.1 cm³/mol. The molecule has 1 spiro atoms. The number of nitrogens with zero attached hydrogens (tertiary/aromatic N) is 1. The second-order valence-corrected chi connectivity index (χ2v) is 5.03. The van der Waals surface area contributed by atoms with Crippen LogP contribution < -0.4 is 5.32 Å². The van der Waals surface area contributed by atoms with Crippen molar-refractivity contribution in [3.05, 3.63) is 29.8 Å². The van der Waals surface area contributed by atoms with Crippen molar-refractivity contribution in [1.82, 2.24) is 10.3 Å². The summed E-state index contributed by atoms with van der Waals surface area (Å²) in [5.74, 6) is -0.298. The van der Waals surface area contributed by atoms with Crippen LogP contribution in [0.4, 0.5) is 4.39 Å². The third-order valence-electron chi connectivity index (χ3n) is 3.76. The normalized spacial score (nSPS) is 27.5. The molecule has 4 heteroatoms. The zero-order chi connectivity index (χ0) is 11.7. The fraction of sp³-hybridized carbons (Fsp3) is 0.615. The number of ether oxygens (including phenoxy) is 1. The van der Waals surface area contributed by atoms with Gasteiger partial charge >= 0.3 is 0 Å². The first kappa shape index (κ1) is 11.1. The predicted octanol–water partition coefficient (Wildman–Crippen LogP) is 2.19. The lowest BCUT2D eigenvalue weighted by molar-refractivity contribution is -0.115. The highest BCUT2D eigenvalue weighted by atomic mass is 19.1. The van der Waals surface area contributed by atoms with Crippen LogP contribution in [-0.2, 0) is 4.74 Å². The zero-order valence-electron chi connectivity index (χ0n) is 9.79. The second kappa shape index (κ2) is 4.35. The summed E-state index contributed by atoms with van der Waals surface area (Å²) in [7, 11) is 0. The van der Waals surface area contributed by atoms with Crippen LogP contribution in [0.25, 0.3) is 0 Å². The van der Waals surface area contributed by atoms with E-state index in [9.17, 15) is 4.39 Å². The van der Waals surface area contributed by atoms with Crippen LogP contribution in [0.15, 0.2) is 18.3 Å². The quantitative estimate of drug-likeness (QED) is 0.811. The number of hydrogen-bond acceptors (Lipinski definition) is 3. The Balaban J connectivity index is 1.77. The van der Waals surface area contributed by atoms with Gasteiger partial charge in [-0.2, -0.15) is 0 Å². The van der Waals surface area contributed by atoms with E-state index in [0.717, 1.165) is 31.6 Å². The fourth-order valence-electron chi connectivity index (χ4n) is 2.87. The number of halogens is 1. The molecule has 2 aliphatic rings. The van der Waals surface area contributed by atoms with Gasteiger partial charge in [-0.15, -0.1) is 0 Å². The van der Waals surface area contributed by atoms with E-state index in [1.807, 2.05) is 0 Å². The van der Waals surface area contributed by atoms with Gasteiger partial charge in [0.05, 0.1) is 17.5 Å². The van der Waals surface area contributed by atoms with E-state index in [-0.39, 0.29) is 17.5 Å². The first-order chi connectivity index (χ1) is 8.27. The van der Waals surface area contributed by atoms with Gasteiger partial charge in [-0.25, -0.2) is 4.39 Å². The van der Waals surface area contributed by atoms with Crippen molar-refractivity contribution >= 4 is 0 Å². The van der Waals surface area contributed by atoms with Crippen molar-refractivity contribution in [2.45, 2.75) is 37.4 Å². The van der Waals surface area contributed by atoms with E-state index in [2.05, 4.69) is 10.3 Å². The molecule has 0 aromatic carbocycles. The minimum atomic E-state index is -0.298. The van der Waals surface area contributed by atoms with Crippen LogP contribution in [0.1, 0.15) is 37.5 Å². The standard InChI is InChI=1S/C13H17FN2O/c14-10-3-4-11(16-7-10)12-8-15-9-13(17-12)5-1-2-6-13/h3-4,7,12,15H,1-2,5-6,8-9H2.